The van der Waals surface area contributed by atoms with Gasteiger partial charge in [-0.3, -0.25) is 9.59 Å². The van der Waals surface area contributed by atoms with Crippen molar-refractivity contribution in [3.8, 4) is 11.1 Å². The Hall–Kier alpha value is -5.76. The topological polar surface area (TPSA) is 161 Å². The molecule has 0 bridgehead atoms. The van der Waals surface area contributed by atoms with Crippen molar-refractivity contribution in [2.75, 3.05) is 26.2 Å². The number of benzene rings is 4. The average molecular weight is 786 g/mol. The molecule has 5 aromatic rings. The number of rotatable bonds is 17. The number of nitrogens with zero attached hydrogens (tertiary/aromatic N) is 3. The Morgan fingerprint density at radius 1 is 0.719 bits per heavy atom. The van der Waals surface area contributed by atoms with E-state index in [2.05, 4.69) is 74.2 Å². The van der Waals surface area contributed by atoms with E-state index in [1.165, 1.54) is 17.7 Å². The average Bonchev–Trinajstić information content (AvgIpc) is 3.22. The number of pyridine rings is 1. The van der Waals surface area contributed by atoms with Crippen LogP contribution in [0.1, 0.15) is 43.2 Å². The van der Waals surface area contributed by atoms with E-state index < -0.39 is 35.8 Å². The lowest BCUT2D eigenvalue weighted by molar-refractivity contribution is -0.165. The van der Waals surface area contributed by atoms with Gasteiger partial charge >= 0.3 is 11.9 Å². The SMILES string of the molecule is CCc1ccc(-c2ccc(CN(CCN(CC)CC)C(=O)Cn3c(CCc4cccc(F)c4F)cc(=O)c4ccccc43)cc2)cc1.O=C(O)C(O)C(O)C(=O)O. The second-order valence-electron chi connectivity index (χ2n) is 13.5. The fourth-order valence-electron chi connectivity index (χ4n) is 6.33. The first-order valence-electron chi connectivity index (χ1n) is 18.8. The maximum absolute atomic E-state index is 14.5. The third-order valence-corrected chi connectivity index (χ3v) is 9.84. The molecule has 0 saturated heterocycles. The molecule has 4 N–H and O–H groups in total. The summed E-state index contributed by atoms with van der Waals surface area (Å²) in [6.07, 6.45) is -3.07. The van der Waals surface area contributed by atoms with E-state index in [1.807, 2.05) is 21.6 Å². The summed E-state index contributed by atoms with van der Waals surface area (Å²) in [7, 11) is 0. The van der Waals surface area contributed by atoms with Crippen LogP contribution < -0.4 is 5.43 Å². The molecule has 0 saturated carbocycles. The van der Waals surface area contributed by atoms with Crippen LogP contribution in [0.4, 0.5) is 8.78 Å². The van der Waals surface area contributed by atoms with Crippen LogP contribution in [0.25, 0.3) is 22.0 Å². The van der Waals surface area contributed by atoms with Gasteiger partial charge in [0.25, 0.3) is 0 Å². The highest BCUT2D eigenvalue weighted by atomic mass is 19.2. The molecular weight excluding hydrogens is 736 g/mol. The fraction of sp³-hybridized carbons (Fsp3) is 0.318. The van der Waals surface area contributed by atoms with Gasteiger partial charge in [-0.25, -0.2) is 18.4 Å². The van der Waals surface area contributed by atoms with Crippen molar-refractivity contribution < 1.29 is 43.6 Å². The van der Waals surface area contributed by atoms with Gasteiger partial charge in [-0.1, -0.05) is 93.6 Å². The zero-order chi connectivity index (χ0) is 41.6. The van der Waals surface area contributed by atoms with E-state index in [4.69, 9.17) is 20.4 Å². The number of carbonyl (C=O) groups excluding carboxylic acids is 1. The van der Waals surface area contributed by atoms with Crippen molar-refractivity contribution in [1.29, 1.82) is 0 Å². The second-order valence-corrected chi connectivity index (χ2v) is 13.5. The molecule has 57 heavy (non-hydrogen) atoms. The summed E-state index contributed by atoms with van der Waals surface area (Å²) in [6, 6.07) is 29.8. The number of halogens is 2. The molecule has 0 radical (unpaired) electrons. The number of aliphatic hydroxyl groups excluding tert-OH is 2. The highest BCUT2D eigenvalue weighted by molar-refractivity contribution is 5.83. The third-order valence-electron chi connectivity index (χ3n) is 9.84. The van der Waals surface area contributed by atoms with Crippen LogP contribution in [0.3, 0.4) is 0 Å². The maximum Gasteiger partial charge on any atom is 0.335 e. The number of aryl methyl sites for hydroxylation is 3. The number of fused-ring (bicyclic) bond motifs is 1. The largest absolute Gasteiger partial charge is 0.479 e. The fourth-order valence-corrected chi connectivity index (χ4v) is 6.33. The lowest BCUT2D eigenvalue weighted by Crippen LogP contribution is -2.40. The lowest BCUT2D eigenvalue weighted by Gasteiger charge is -2.28. The van der Waals surface area contributed by atoms with Gasteiger partial charge in [0.05, 0.1) is 5.52 Å². The smallest absolute Gasteiger partial charge is 0.335 e. The Morgan fingerprint density at radius 2 is 1.30 bits per heavy atom. The predicted octanol–water partition coefficient (Wildman–Crippen LogP) is 5.54. The summed E-state index contributed by atoms with van der Waals surface area (Å²) < 4.78 is 30.3. The number of carboxylic acids is 2. The van der Waals surface area contributed by atoms with Crippen molar-refractivity contribution in [3.63, 3.8) is 0 Å². The lowest BCUT2D eigenvalue weighted by atomic mass is 10.0. The summed E-state index contributed by atoms with van der Waals surface area (Å²) in [6.45, 7) is 9.87. The monoisotopic (exact) mass is 785 g/mol. The molecule has 0 fully saturated rings. The quantitative estimate of drug-likeness (QED) is 0.0949. The van der Waals surface area contributed by atoms with E-state index in [0.29, 0.717) is 29.7 Å². The standard InChI is InChI=1S/C40H43F2N3O2.C4H6O6/c1-4-29-14-18-31(19-15-29)32-20-16-30(17-21-32)27-44(25-24-43(5-2)6-3)39(47)28-45-34(23-22-33-10-9-12-36(41)40(33)42)26-38(46)35-11-7-8-13-37(35)45;5-1(3(7)8)2(6)4(9)10/h7-21,26H,4-6,22-25,27-28H2,1-3H3;1-2,5-6H,(H,7,8)(H,9,10). The molecule has 0 aliphatic rings. The maximum atomic E-state index is 14.5. The summed E-state index contributed by atoms with van der Waals surface area (Å²) in [4.78, 5) is 51.0. The van der Waals surface area contributed by atoms with Gasteiger partial charge in [-0.15, -0.1) is 0 Å². The van der Waals surface area contributed by atoms with Gasteiger partial charge in [0.1, 0.15) is 6.54 Å². The first-order valence-corrected chi connectivity index (χ1v) is 18.8. The molecule has 11 nitrogen and oxygen atoms in total. The van der Waals surface area contributed by atoms with E-state index in [0.717, 1.165) is 48.8 Å². The van der Waals surface area contributed by atoms with Gasteiger partial charge in [-0.05, 0) is 78.4 Å². The van der Waals surface area contributed by atoms with Crippen LogP contribution in [0.2, 0.25) is 0 Å². The van der Waals surface area contributed by atoms with Crippen LogP contribution in [-0.4, -0.2) is 91.0 Å². The van der Waals surface area contributed by atoms with E-state index >= 15 is 0 Å². The van der Waals surface area contributed by atoms with Crippen molar-refractivity contribution in [2.45, 2.75) is 65.3 Å². The number of hydrogen-bond acceptors (Lipinski definition) is 7. The van der Waals surface area contributed by atoms with E-state index in [-0.39, 0.29) is 36.3 Å². The third kappa shape index (κ3) is 11.9. The molecule has 1 aromatic heterocycles. The summed E-state index contributed by atoms with van der Waals surface area (Å²) >= 11 is 0. The Morgan fingerprint density at radius 3 is 1.86 bits per heavy atom. The summed E-state index contributed by atoms with van der Waals surface area (Å²) in [5, 5.41) is 33.0. The molecule has 0 aliphatic heterocycles. The molecule has 4 aromatic carbocycles. The zero-order valence-corrected chi connectivity index (χ0v) is 32.3. The van der Waals surface area contributed by atoms with Gasteiger partial charge in [-0.2, -0.15) is 0 Å². The van der Waals surface area contributed by atoms with E-state index in [1.54, 1.807) is 18.2 Å². The first-order chi connectivity index (χ1) is 27.3. The molecule has 1 amide bonds. The van der Waals surface area contributed by atoms with Crippen LogP contribution >= 0.6 is 0 Å². The first kappa shape index (κ1) is 44.0. The highest BCUT2D eigenvalue weighted by Crippen LogP contribution is 2.22. The minimum absolute atomic E-state index is 0.0157. The molecule has 0 spiro atoms. The highest BCUT2D eigenvalue weighted by Gasteiger charge is 2.29. The molecule has 2 unspecified atom stereocenters. The normalized spacial score (nSPS) is 12.1. The van der Waals surface area contributed by atoms with E-state index in [9.17, 15) is 28.0 Å². The predicted molar refractivity (Wildman–Crippen MR) is 214 cm³/mol. The van der Waals surface area contributed by atoms with Crippen molar-refractivity contribution in [1.82, 2.24) is 14.4 Å². The van der Waals surface area contributed by atoms with Crippen LogP contribution in [-0.2, 0) is 46.7 Å². The Labute approximate surface area is 330 Å². The number of aliphatic carboxylic acids is 2. The van der Waals surface area contributed by atoms with Gasteiger partial charge in [0, 0.05) is 36.8 Å². The molecule has 2 atom stereocenters. The van der Waals surface area contributed by atoms with Crippen LogP contribution in [0, 0.1) is 11.6 Å². The Balaban J connectivity index is 0.000000635. The van der Waals surface area contributed by atoms with Gasteiger partial charge < -0.3 is 34.8 Å². The van der Waals surface area contributed by atoms with Crippen LogP contribution in [0.5, 0.6) is 0 Å². The van der Waals surface area contributed by atoms with Crippen molar-refractivity contribution in [2.24, 2.45) is 0 Å². The number of aromatic nitrogens is 1. The number of carbonyl (C=O) groups is 3. The number of para-hydroxylation sites is 1. The minimum Gasteiger partial charge on any atom is -0.479 e. The number of carboxylic acid groups (broad SMARTS) is 2. The minimum atomic E-state index is -2.27. The summed E-state index contributed by atoms with van der Waals surface area (Å²) in [5.41, 5.74) is 5.91. The molecule has 13 heteroatoms. The number of aliphatic hydroxyl groups is 2. The number of hydrogen-bond donors (Lipinski definition) is 4. The molecule has 5 rings (SSSR count). The Kier molecular flexibility index (Phi) is 16.2. The van der Waals surface area contributed by atoms with Gasteiger partial charge in [0.15, 0.2) is 29.3 Å². The zero-order valence-electron chi connectivity index (χ0n) is 32.3. The molecular formula is C44H49F2N3O8. The van der Waals surface area contributed by atoms with Crippen molar-refractivity contribution in [3.05, 3.63) is 141 Å². The Bertz CT molecular complexity index is 2170. The molecule has 1 heterocycles. The molecule has 0 aliphatic carbocycles. The second kappa shape index (κ2) is 21.0. The van der Waals surface area contributed by atoms with Crippen LogP contribution in [0.15, 0.2) is 102 Å². The molecule has 302 valence electrons. The number of likely N-dealkylation sites (N-methyl/N-ethyl adjacent to an activating group) is 1. The van der Waals surface area contributed by atoms with Gasteiger partial charge in [0.2, 0.25) is 5.91 Å². The summed E-state index contributed by atoms with van der Waals surface area (Å²) in [5.74, 6) is -5.40. The van der Waals surface area contributed by atoms with Crippen molar-refractivity contribution >= 4 is 28.7 Å². The number of amides is 1.